The maximum atomic E-state index is 10.2. The van der Waals surface area contributed by atoms with Gasteiger partial charge in [-0.15, -0.1) is 0 Å². The Morgan fingerprint density at radius 1 is 1.82 bits per heavy atom. The van der Waals surface area contributed by atoms with E-state index < -0.39 is 5.97 Å². The Bertz CT molecular complexity index is 143. The highest BCUT2D eigenvalue weighted by molar-refractivity contribution is 5.67. The van der Waals surface area contributed by atoms with Gasteiger partial charge in [0.2, 0.25) is 0 Å². The SMILES string of the molecule is N[C@@H](CC(=O)O)[C@H]1CCCO1. The van der Waals surface area contributed by atoms with Crippen molar-refractivity contribution >= 4 is 5.97 Å². The molecule has 1 aliphatic heterocycles. The van der Waals surface area contributed by atoms with E-state index in [0.717, 1.165) is 19.4 Å². The molecule has 0 amide bonds. The first-order valence-corrected chi connectivity index (χ1v) is 3.79. The Kier molecular flexibility index (Phi) is 2.84. The largest absolute Gasteiger partial charge is 0.481 e. The fraction of sp³-hybridized carbons (Fsp3) is 0.857. The van der Waals surface area contributed by atoms with Gasteiger partial charge in [0.1, 0.15) is 0 Å². The summed E-state index contributed by atoms with van der Waals surface area (Å²) in [7, 11) is 0. The topological polar surface area (TPSA) is 72.6 Å². The Labute approximate surface area is 65.3 Å². The summed E-state index contributed by atoms with van der Waals surface area (Å²) in [5, 5.41) is 8.41. The van der Waals surface area contributed by atoms with Crippen LogP contribution in [0.25, 0.3) is 0 Å². The van der Waals surface area contributed by atoms with Crippen molar-refractivity contribution < 1.29 is 14.6 Å². The maximum Gasteiger partial charge on any atom is 0.305 e. The van der Waals surface area contributed by atoms with Crippen LogP contribution in [-0.2, 0) is 9.53 Å². The van der Waals surface area contributed by atoms with Crippen LogP contribution in [0, 0.1) is 0 Å². The number of aliphatic carboxylic acids is 1. The third-order valence-electron chi connectivity index (χ3n) is 1.85. The number of carboxylic acids is 1. The van der Waals surface area contributed by atoms with Gasteiger partial charge >= 0.3 is 5.97 Å². The van der Waals surface area contributed by atoms with Crippen LogP contribution >= 0.6 is 0 Å². The number of rotatable bonds is 3. The summed E-state index contributed by atoms with van der Waals surface area (Å²) < 4.78 is 5.23. The predicted octanol–water partition coefficient (Wildman–Crippen LogP) is -0.0326. The van der Waals surface area contributed by atoms with Crippen molar-refractivity contribution in [2.24, 2.45) is 5.73 Å². The van der Waals surface area contributed by atoms with E-state index in [0.29, 0.717) is 0 Å². The highest BCUT2D eigenvalue weighted by Gasteiger charge is 2.24. The normalized spacial score (nSPS) is 26.8. The molecular weight excluding hydrogens is 146 g/mol. The van der Waals surface area contributed by atoms with E-state index in [1.807, 2.05) is 0 Å². The minimum absolute atomic E-state index is 0.00463. The van der Waals surface area contributed by atoms with Gasteiger partial charge < -0.3 is 15.6 Å². The van der Waals surface area contributed by atoms with Gasteiger partial charge in [-0.05, 0) is 12.8 Å². The lowest BCUT2D eigenvalue weighted by molar-refractivity contribution is -0.138. The predicted molar refractivity (Wildman–Crippen MR) is 39.2 cm³/mol. The Morgan fingerprint density at radius 3 is 3.00 bits per heavy atom. The van der Waals surface area contributed by atoms with Crippen molar-refractivity contribution in [1.29, 1.82) is 0 Å². The molecule has 0 aromatic heterocycles. The highest BCUT2D eigenvalue weighted by atomic mass is 16.5. The maximum absolute atomic E-state index is 10.2. The molecule has 0 aromatic carbocycles. The lowest BCUT2D eigenvalue weighted by Gasteiger charge is -2.15. The molecular formula is C7H13NO3. The minimum atomic E-state index is -0.854. The Morgan fingerprint density at radius 2 is 2.55 bits per heavy atom. The first-order chi connectivity index (χ1) is 5.20. The van der Waals surface area contributed by atoms with Gasteiger partial charge in [0.05, 0.1) is 12.5 Å². The van der Waals surface area contributed by atoms with Crippen LogP contribution in [0.4, 0.5) is 0 Å². The van der Waals surface area contributed by atoms with Gasteiger partial charge in [0.15, 0.2) is 0 Å². The van der Waals surface area contributed by atoms with Gasteiger partial charge in [-0.2, -0.15) is 0 Å². The Balaban J connectivity index is 2.28. The zero-order chi connectivity index (χ0) is 8.27. The third-order valence-corrected chi connectivity index (χ3v) is 1.85. The molecule has 1 rings (SSSR count). The van der Waals surface area contributed by atoms with E-state index in [1.165, 1.54) is 0 Å². The van der Waals surface area contributed by atoms with Crippen LogP contribution < -0.4 is 5.73 Å². The molecule has 1 saturated heterocycles. The summed E-state index contributed by atoms with van der Waals surface area (Å²) in [6.07, 6.45) is 1.86. The van der Waals surface area contributed by atoms with Gasteiger partial charge in [0, 0.05) is 12.6 Å². The monoisotopic (exact) mass is 159 g/mol. The van der Waals surface area contributed by atoms with Crippen LogP contribution in [-0.4, -0.2) is 29.8 Å². The van der Waals surface area contributed by atoms with Gasteiger partial charge in [-0.25, -0.2) is 0 Å². The van der Waals surface area contributed by atoms with E-state index in [9.17, 15) is 4.79 Å². The molecule has 0 unspecified atom stereocenters. The van der Waals surface area contributed by atoms with Crippen molar-refractivity contribution in [3.8, 4) is 0 Å². The second kappa shape index (κ2) is 3.69. The molecule has 1 aliphatic rings. The smallest absolute Gasteiger partial charge is 0.305 e. The summed E-state index contributed by atoms with van der Waals surface area (Å²) in [5.74, 6) is -0.854. The molecule has 4 nitrogen and oxygen atoms in total. The molecule has 1 heterocycles. The first-order valence-electron chi connectivity index (χ1n) is 3.79. The lowest BCUT2D eigenvalue weighted by Crippen LogP contribution is -2.36. The quantitative estimate of drug-likeness (QED) is 0.606. The van der Waals surface area contributed by atoms with Crippen molar-refractivity contribution in [2.75, 3.05) is 6.61 Å². The van der Waals surface area contributed by atoms with E-state index in [4.69, 9.17) is 15.6 Å². The molecule has 3 N–H and O–H groups in total. The Hall–Kier alpha value is -0.610. The molecule has 0 saturated carbocycles. The first kappa shape index (κ1) is 8.49. The van der Waals surface area contributed by atoms with Crippen LogP contribution in [0.5, 0.6) is 0 Å². The van der Waals surface area contributed by atoms with Crippen LogP contribution in [0.15, 0.2) is 0 Å². The number of ether oxygens (including phenoxy) is 1. The second-order valence-corrected chi connectivity index (χ2v) is 2.81. The van der Waals surface area contributed by atoms with Gasteiger partial charge in [-0.3, -0.25) is 4.79 Å². The lowest BCUT2D eigenvalue weighted by atomic mass is 10.1. The zero-order valence-corrected chi connectivity index (χ0v) is 6.32. The number of carboxylic acid groups (broad SMARTS) is 1. The van der Waals surface area contributed by atoms with Crippen LogP contribution in [0.3, 0.4) is 0 Å². The molecule has 4 heteroatoms. The average molecular weight is 159 g/mol. The molecule has 0 aliphatic carbocycles. The van der Waals surface area contributed by atoms with Gasteiger partial charge in [-0.1, -0.05) is 0 Å². The number of carbonyl (C=O) groups is 1. The molecule has 2 atom stereocenters. The molecule has 0 aromatic rings. The van der Waals surface area contributed by atoms with Crippen molar-refractivity contribution in [2.45, 2.75) is 31.4 Å². The van der Waals surface area contributed by atoms with Crippen LogP contribution in [0.2, 0.25) is 0 Å². The highest BCUT2D eigenvalue weighted by Crippen LogP contribution is 2.15. The van der Waals surface area contributed by atoms with E-state index in [1.54, 1.807) is 0 Å². The summed E-state index contributed by atoms with van der Waals surface area (Å²) in [4.78, 5) is 10.2. The van der Waals surface area contributed by atoms with Crippen LogP contribution in [0.1, 0.15) is 19.3 Å². The summed E-state index contributed by atoms with van der Waals surface area (Å²) >= 11 is 0. The number of nitrogens with two attached hydrogens (primary N) is 1. The summed E-state index contributed by atoms with van der Waals surface area (Å²) in [6, 6.07) is -0.338. The second-order valence-electron chi connectivity index (χ2n) is 2.81. The fourth-order valence-electron chi connectivity index (χ4n) is 1.27. The molecule has 0 radical (unpaired) electrons. The molecule has 64 valence electrons. The fourth-order valence-corrected chi connectivity index (χ4v) is 1.27. The standard InChI is InChI=1S/C7H13NO3/c8-5(4-7(9)10)6-2-1-3-11-6/h5-6H,1-4,8H2,(H,9,10)/t5-,6+/m0/s1. The molecule has 0 bridgehead atoms. The van der Waals surface area contributed by atoms with E-state index >= 15 is 0 Å². The van der Waals surface area contributed by atoms with E-state index in [-0.39, 0.29) is 18.6 Å². The minimum Gasteiger partial charge on any atom is -0.481 e. The number of hydrogen-bond donors (Lipinski definition) is 2. The van der Waals surface area contributed by atoms with Crippen molar-refractivity contribution in [3.05, 3.63) is 0 Å². The molecule has 1 fully saturated rings. The zero-order valence-electron chi connectivity index (χ0n) is 6.32. The molecule has 0 spiro atoms. The van der Waals surface area contributed by atoms with Crippen molar-refractivity contribution in [3.63, 3.8) is 0 Å². The summed E-state index contributed by atoms with van der Waals surface area (Å²) in [6.45, 7) is 0.720. The third kappa shape index (κ3) is 2.48. The summed E-state index contributed by atoms with van der Waals surface area (Å²) in [5.41, 5.74) is 5.57. The van der Waals surface area contributed by atoms with Crippen molar-refractivity contribution in [1.82, 2.24) is 0 Å². The van der Waals surface area contributed by atoms with E-state index in [2.05, 4.69) is 0 Å². The number of hydrogen-bond acceptors (Lipinski definition) is 3. The molecule has 11 heavy (non-hydrogen) atoms. The van der Waals surface area contributed by atoms with Gasteiger partial charge in [0.25, 0.3) is 0 Å². The average Bonchev–Trinajstić information content (AvgIpc) is 2.35.